The van der Waals surface area contributed by atoms with Crippen molar-refractivity contribution in [3.63, 3.8) is 0 Å². The Labute approximate surface area is 156 Å². The van der Waals surface area contributed by atoms with Crippen LogP contribution in [0.1, 0.15) is 18.1 Å². The van der Waals surface area contributed by atoms with Crippen LogP contribution in [-0.4, -0.2) is 24.3 Å². The van der Waals surface area contributed by atoms with Gasteiger partial charge in [-0.05, 0) is 37.6 Å². The average molecular weight is 382 g/mol. The minimum atomic E-state index is -0.577. The van der Waals surface area contributed by atoms with Crippen LogP contribution in [-0.2, 0) is 10.5 Å². The Morgan fingerprint density at radius 1 is 1.28 bits per heavy atom. The Morgan fingerprint density at radius 2 is 2.04 bits per heavy atom. The minimum Gasteiger partial charge on any atom is -0.481 e. The molecule has 2 rings (SSSR count). The third-order valence-corrected chi connectivity index (χ3v) is 4.96. The molecule has 0 aliphatic rings. The van der Waals surface area contributed by atoms with Crippen LogP contribution in [0.5, 0.6) is 5.75 Å². The van der Waals surface area contributed by atoms with E-state index in [2.05, 4.69) is 5.32 Å². The van der Waals surface area contributed by atoms with E-state index in [0.29, 0.717) is 34.4 Å². The van der Waals surface area contributed by atoms with Gasteiger partial charge < -0.3 is 10.1 Å². The second-order valence-electron chi connectivity index (χ2n) is 5.57. The van der Waals surface area contributed by atoms with E-state index in [-0.39, 0.29) is 11.7 Å². The molecule has 0 radical (unpaired) electrons. The van der Waals surface area contributed by atoms with Crippen LogP contribution >= 0.6 is 23.4 Å². The first-order valence-electron chi connectivity index (χ1n) is 7.99. The Balaban J connectivity index is 1.71. The molecular formula is C19H21ClFNO2S. The summed E-state index contributed by atoms with van der Waals surface area (Å²) in [7, 11) is 0. The van der Waals surface area contributed by atoms with E-state index in [4.69, 9.17) is 16.3 Å². The molecule has 0 aromatic heterocycles. The van der Waals surface area contributed by atoms with Crippen molar-refractivity contribution >= 4 is 29.3 Å². The monoisotopic (exact) mass is 381 g/mol. The van der Waals surface area contributed by atoms with Crippen molar-refractivity contribution in [3.05, 3.63) is 64.4 Å². The van der Waals surface area contributed by atoms with Gasteiger partial charge in [-0.2, -0.15) is 11.8 Å². The van der Waals surface area contributed by atoms with Crippen molar-refractivity contribution in [1.29, 1.82) is 0 Å². The van der Waals surface area contributed by atoms with Crippen LogP contribution < -0.4 is 10.1 Å². The van der Waals surface area contributed by atoms with E-state index in [1.165, 1.54) is 17.8 Å². The van der Waals surface area contributed by atoms with Crippen molar-refractivity contribution in [2.45, 2.75) is 25.7 Å². The molecular weight excluding hydrogens is 361 g/mol. The minimum absolute atomic E-state index is 0.173. The lowest BCUT2D eigenvalue weighted by Gasteiger charge is -2.16. The van der Waals surface area contributed by atoms with Crippen molar-refractivity contribution in [1.82, 2.24) is 5.32 Å². The fourth-order valence-corrected chi connectivity index (χ4v) is 3.36. The maximum atomic E-state index is 13.6. The van der Waals surface area contributed by atoms with Gasteiger partial charge in [0.15, 0.2) is 6.10 Å². The van der Waals surface area contributed by atoms with Gasteiger partial charge in [0.05, 0.1) is 0 Å². The Kier molecular flexibility index (Phi) is 7.59. The molecule has 1 atom stereocenters. The summed E-state index contributed by atoms with van der Waals surface area (Å²) in [6.07, 6.45) is -0.577. The molecule has 25 heavy (non-hydrogen) atoms. The van der Waals surface area contributed by atoms with Crippen molar-refractivity contribution in [3.8, 4) is 5.75 Å². The van der Waals surface area contributed by atoms with Crippen molar-refractivity contribution in [2.24, 2.45) is 0 Å². The van der Waals surface area contributed by atoms with Gasteiger partial charge >= 0.3 is 0 Å². The van der Waals surface area contributed by atoms with Gasteiger partial charge in [0, 0.05) is 28.6 Å². The number of aryl methyl sites for hydroxylation is 1. The lowest BCUT2D eigenvalue weighted by molar-refractivity contribution is -0.127. The first-order valence-corrected chi connectivity index (χ1v) is 9.53. The number of nitrogens with one attached hydrogen (secondary N) is 1. The molecule has 0 aliphatic carbocycles. The number of para-hydroxylation sites is 1. The number of thioether (sulfide) groups is 1. The largest absolute Gasteiger partial charge is 0.481 e. The summed E-state index contributed by atoms with van der Waals surface area (Å²) >= 11 is 7.50. The number of halogens is 2. The number of rotatable bonds is 8. The number of carbonyl (C=O) groups is 1. The lowest BCUT2D eigenvalue weighted by atomic mass is 10.2. The second-order valence-corrected chi connectivity index (χ2v) is 7.08. The molecule has 0 heterocycles. The molecule has 2 aromatic rings. The molecule has 1 amide bonds. The summed E-state index contributed by atoms with van der Waals surface area (Å²) in [4.78, 5) is 12.1. The van der Waals surface area contributed by atoms with E-state index in [1.54, 1.807) is 19.1 Å². The van der Waals surface area contributed by atoms with Crippen molar-refractivity contribution in [2.75, 3.05) is 12.3 Å². The van der Waals surface area contributed by atoms with E-state index >= 15 is 0 Å². The highest BCUT2D eigenvalue weighted by atomic mass is 35.5. The van der Waals surface area contributed by atoms with Gasteiger partial charge in [-0.15, -0.1) is 0 Å². The quantitative estimate of drug-likeness (QED) is 0.679. The molecule has 2 aromatic carbocycles. The summed E-state index contributed by atoms with van der Waals surface area (Å²) in [6.45, 7) is 4.13. The van der Waals surface area contributed by atoms with Gasteiger partial charge in [0.2, 0.25) is 0 Å². The first kappa shape index (κ1) is 19.6. The topological polar surface area (TPSA) is 38.3 Å². The molecule has 0 aliphatic heterocycles. The van der Waals surface area contributed by atoms with E-state index in [9.17, 15) is 9.18 Å². The zero-order chi connectivity index (χ0) is 18.2. The molecule has 0 bridgehead atoms. The molecule has 0 spiro atoms. The number of carbonyl (C=O) groups excluding carboxylic acids is 1. The standard InChI is InChI=1S/C19H21ClFNO2S/c1-13-6-3-4-9-18(13)24-14(2)19(23)22-10-11-25-12-15-16(20)7-5-8-17(15)21/h3-9,14H,10-12H2,1-2H3,(H,22,23)/t14-/m1/s1. The van der Waals surface area contributed by atoms with Gasteiger partial charge in [0.1, 0.15) is 11.6 Å². The highest BCUT2D eigenvalue weighted by Gasteiger charge is 2.15. The predicted molar refractivity (Wildman–Crippen MR) is 102 cm³/mol. The molecule has 0 fully saturated rings. The van der Waals surface area contributed by atoms with Crippen LogP contribution in [0.15, 0.2) is 42.5 Å². The molecule has 0 unspecified atom stereocenters. The fourth-order valence-electron chi connectivity index (χ4n) is 2.17. The summed E-state index contributed by atoms with van der Waals surface area (Å²) in [5, 5.41) is 3.25. The third kappa shape index (κ3) is 5.94. The predicted octanol–water partition coefficient (Wildman–Crippen LogP) is 4.60. The first-order chi connectivity index (χ1) is 12.0. The second kappa shape index (κ2) is 9.68. The highest BCUT2D eigenvalue weighted by Crippen LogP contribution is 2.23. The molecule has 1 N–H and O–H groups in total. The van der Waals surface area contributed by atoms with Crippen molar-refractivity contribution < 1.29 is 13.9 Å². The zero-order valence-corrected chi connectivity index (χ0v) is 15.8. The maximum Gasteiger partial charge on any atom is 0.260 e. The van der Waals surface area contributed by atoms with Gasteiger partial charge in [-0.1, -0.05) is 35.9 Å². The number of amides is 1. The molecule has 3 nitrogen and oxygen atoms in total. The summed E-state index contributed by atoms with van der Waals surface area (Å²) in [5.41, 5.74) is 1.48. The SMILES string of the molecule is Cc1ccccc1O[C@H](C)C(=O)NCCSCc1c(F)cccc1Cl. The third-order valence-electron chi connectivity index (χ3n) is 3.62. The van der Waals surface area contributed by atoms with Crippen LogP contribution in [0.2, 0.25) is 5.02 Å². The van der Waals surface area contributed by atoms with Crippen LogP contribution in [0, 0.1) is 12.7 Å². The van der Waals surface area contributed by atoms with Gasteiger partial charge in [-0.25, -0.2) is 4.39 Å². The smallest absolute Gasteiger partial charge is 0.260 e. The van der Waals surface area contributed by atoms with Crippen LogP contribution in [0.3, 0.4) is 0 Å². The van der Waals surface area contributed by atoms with E-state index in [1.807, 2.05) is 31.2 Å². The summed E-state index contributed by atoms with van der Waals surface area (Å²) in [6, 6.07) is 12.2. The normalized spacial score (nSPS) is 11.8. The van der Waals surface area contributed by atoms with E-state index in [0.717, 1.165) is 5.56 Å². The van der Waals surface area contributed by atoms with Gasteiger partial charge in [0.25, 0.3) is 5.91 Å². The van der Waals surface area contributed by atoms with Crippen LogP contribution in [0.4, 0.5) is 4.39 Å². The average Bonchev–Trinajstić information content (AvgIpc) is 2.58. The number of ether oxygens (including phenoxy) is 1. The lowest BCUT2D eigenvalue weighted by Crippen LogP contribution is -2.37. The number of benzene rings is 2. The maximum absolute atomic E-state index is 13.6. The Bertz CT molecular complexity index is 706. The Morgan fingerprint density at radius 3 is 2.76 bits per heavy atom. The number of hydrogen-bond donors (Lipinski definition) is 1. The van der Waals surface area contributed by atoms with Crippen LogP contribution in [0.25, 0.3) is 0 Å². The molecule has 6 heteroatoms. The Hall–Kier alpha value is -1.72. The van der Waals surface area contributed by atoms with Gasteiger partial charge in [-0.3, -0.25) is 4.79 Å². The molecule has 134 valence electrons. The molecule has 0 saturated heterocycles. The van der Waals surface area contributed by atoms with E-state index < -0.39 is 6.10 Å². The molecule has 0 saturated carbocycles. The summed E-state index contributed by atoms with van der Waals surface area (Å²) < 4.78 is 19.3. The number of hydrogen-bond acceptors (Lipinski definition) is 3. The highest BCUT2D eigenvalue weighted by molar-refractivity contribution is 7.98. The fraction of sp³-hybridized carbons (Fsp3) is 0.316. The summed E-state index contributed by atoms with van der Waals surface area (Å²) in [5.74, 6) is 1.36. The zero-order valence-electron chi connectivity index (χ0n) is 14.2.